The van der Waals surface area contributed by atoms with E-state index in [0.717, 1.165) is 22.3 Å². The number of hydrogen-bond acceptors (Lipinski definition) is 5. The molecule has 172 valence electrons. The molecule has 0 radical (unpaired) electrons. The van der Waals surface area contributed by atoms with Gasteiger partial charge in [0.15, 0.2) is 5.16 Å². The smallest absolute Gasteiger partial charge is 0.267 e. The molecule has 0 saturated carbocycles. The summed E-state index contributed by atoms with van der Waals surface area (Å²) in [5, 5.41) is 9.95. The molecule has 2 aromatic carbocycles. The zero-order valence-electron chi connectivity index (χ0n) is 19.9. The van der Waals surface area contributed by atoms with E-state index in [4.69, 9.17) is 0 Å². The summed E-state index contributed by atoms with van der Waals surface area (Å²) in [6.45, 7) is 12.1. The number of carbonyl (C=O) groups is 1. The molecule has 33 heavy (non-hydrogen) atoms. The average Bonchev–Trinajstić information content (AvgIpc) is 3.18. The second-order valence-electron chi connectivity index (χ2n) is 8.84. The highest BCUT2D eigenvalue weighted by atomic mass is 32.2. The molecule has 4 aromatic rings. The molecule has 4 rings (SSSR count). The quantitative estimate of drug-likeness (QED) is 0.397. The Bertz CT molecular complexity index is 1400. The van der Waals surface area contributed by atoms with Gasteiger partial charge in [0.2, 0.25) is 11.7 Å². The van der Waals surface area contributed by atoms with Gasteiger partial charge in [-0.05, 0) is 70.9 Å². The van der Waals surface area contributed by atoms with Crippen LogP contribution in [0.4, 0.5) is 0 Å². The summed E-state index contributed by atoms with van der Waals surface area (Å²) in [6, 6.07) is 13.7. The van der Waals surface area contributed by atoms with Gasteiger partial charge in [-0.3, -0.25) is 14.0 Å². The van der Waals surface area contributed by atoms with Crippen molar-refractivity contribution in [2.75, 3.05) is 5.75 Å². The molecule has 1 amide bonds. The summed E-state index contributed by atoms with van der Waals surface area (Å²) >= 11 is 1.34. The van der Waals surface area contributed by atoms with Crippen LogP contribution in [0.25, 0.3) is 22.4 Å². The first kappa shape index (κ1) is 23.0. The summed E-state index contributed by atoms with van der Waals surface area (Å²) in [4.78, 5) is 28.3. The van der Waals surface area contributed by atoms with Crippen molar-refractivity contribution in [3.05, 3.63) is 63.9 Å². The van der Waals surface area contributed by atoms with E-state index in [1.807, 2.05) is 93.3 Å². The summed E-state index contributed by atoms with van der Waals surface area (Å²) in [5.74, 6) is 0.731. The van der Waals surface area contributed by atoms with Crippen LogP contribution >= 0.6 is 11.8 Å². The molecule has 0 atom stereocenters. The zero-order valence-corrected chi connectivity index (χ0v) is 20.7. The van der Waals surface area contributed by atoms with Crippen molar-refractivity contribution in [2.24, 2.45) is 0 Å². The van der Waals surface area contributed by atoms with Crippen molar-refractivity contribution >= 4 is 34.3 Å². The summed E-state index contributed by atoms with van der Waals surface area (Å²) < 4.78 is 3.50. The summed E-state index contributed by atoms with van der Waals surface area (Å²) in [7, 11) is 0. The highest BCUT2D eigenvalue weighted by Crippen LogP contribution is 2.25. The number of amides is 1. The molecule has 8 heteroatoms. The maximum Gasteiger partial charge on any atom is 0.267 e. The molecule has 0 unspecified atom stereocenters. The fraction of sp³-hybridized carbons (Fsp3) is 0.360. The van der Waals surface area contributed by atoms with E-state index < -0.39 is 0 Å². The molecule has 0 N–H and O–H groups in total. The Kier molecular flexibility index (Phi) is 6.30. The van der Waals surface area contributed by atoms with Gasteiger partial charge in [-0.2, -0.15) is 0 Å². The lowest BCUT2D eigenvalue weighted by Gasteiger charge is -2.30. The van der Waals surface area contributed by atoms with Crippen LogP contribution in [0.15, 0.2) is 52.4 Å². The van der Waals surface area contributed by atoms with E-state index in [0.29, 0.717) is 16.3 Å². The SMILES string of the molecule is Cc1ccc(C)c(-n2c(=O)c3ccccc3n3c(SCC(=O)N(C(C)C)C(C)C)nnc23)c1. The normalized spacial score (nSPS) is 11.8. The van der Waals surface area contributed by atoms with Gasteiger partial charge >= 0.3 is 0 Å². The molecular weight excluding hydrogens is 434 g/mol. The van der Waals surface area contributed by atoms with Gasteiger partial charge in [0.25, 0.3) is 5.56 Å². The van der Waals surface area contributed by atoms with Gasteiger partial charge in [0.1, 0.15) is 0 Å². The first-order chi connectivity index (χ1) is 15.7. The standard InChI is InChI=1S/C25H29N5O2S/c1-15(2)28(16(3)4)22(31)14-33-25-27-26-24-29(21-13-17(5)11-12-18(21)6)23(32)19-9-7-8-10-20(19)30(24)25/h7-13,15-16H,14H2,1-6H3. The van der Waals surface area contributed by atoms with Gasteiger partial charge in [-0.15, -0.1) is 10.2 Å². The number of fused-ring (bicyclic) bond motifs is 3. The Labute approximate surface area is 197 Å². The first-order valence-electron chi connectivity index (χ1n) is 11.1. The van der Waals surface area contributed by atoms with Crippen LogP contribution in [0.5, 0.6) is 0 Å². The minimum absolute atomic E-state index is 0.0499. The van der Waals surface area contributed by atoms with Gasteiger partial charge < -0.3 is 4.90 Å². The predicted octanol–water partition coefficient (Wildman–Crippen LogP) is 4.39. The molecule has 0 saturated heterocycles. The van der Waals surface area contributed by atoms with Crippen LogP contribution in [0.3, 0.4) is 0 Å². The lowest BCUT2D eigenvalue weighted by Crippen LogP contribution is -2.43. The Morgan fingerprint density at radius 2 is 1.73 bits per heavy atom. The number of nitrogens with zero attached hydrogens (tertiary/aromatic N) is 5. The Morgan fingerprint density at radius 3 is 2.42 bits per heavy atom. The minimum Gasteiger partial charge on any atom is -0.337 e. The van der Waals surface area contributed by atoms with Crippen LogP contribution in [0, 0.1) is 13.8 Å². The zero-order chi connectivity index (χ0) is 23.9. The van der Waals surface area contributed by atoms with Crippen molar-refractivity contribution in [1.29, 1.82) is 0 Å². The van der Waals surface area contributed by atoms with Crippen molar-refractivity contribution in [1.82, 2.24) is 24.1 Å². The molecule has 0 aliphatic heterocycles. The van der Waals surface area contributed by atoms with E-state index in [1.54, 1.807) is 4.57 Å². The van der Waals surface area contributed by atoms with Gasteiger partial charge in [-0.1, -0.05) is 36.0 Å². The highest BCUT2D eigenvalue weighted by Gasteiger charge is 2.23. The Balaban J connectivity index is 1.88. The monoisotopic (exact) mass is 463 g/mol. The number of aromatic nitrogens is 4. The third kappa shape index (κ3) is 4.15. The molecule has 0 bridgehead atoms. The number of rotatable bonds is 6. The molecule has 0 aliphatic carbocycles. The lowest BCUT2D eigenvalue weighted by molar-refractivity contribution is -0.131. The van der Waals surface area contributed by atoms with E-state index >= 15 is 0 Å². The summed E-state index contributed by atoms with van der Waals surface area (Å²) in [6.07, 6.45) is 0. The van der Waals surface area contributed by atoms with Crippen molar-refractivity contribution in [3.8, 4) is 5.69 Å². The fourth-order valence-corrected chi connectivity index (χ4v) is 5.13. The summed E-state index contributed by atoms with van der Waals surface area (Å²) in [5.41, 5.74) is 3.38. The van der Waals surface area contributed by atoms with Gasteiger partial charge in [0, 0.05) is 12.1 Å². The second kappa shape index (κ2) is 9.02. The fourth-order valence-electron chi connectivity index (χ4n) is 4.32. The largest absolute Gasteiger partial charge is 0.337 e. The molecule has 2 aromatic heterocycles. The topological polar surface area (TPSA) is 72.5 Å². The van der Waals surface area contributed by atoms with Crippen LogP contribution < -0.4 is 5.56 Å². The number of aryl methyl sites for hydroxylation is 2. The number of benzene rings is 2. The first-order valence-corrected chi connectivity index (χ1v) is 12.1. The van der Waals surface area contributed by atoms with Crippen molar-refractivity contribution in [2.45, 2.75) is 58.8 Å². The average molecular weight is 464 g/mol. The van der Waals surface area contributed by atoms with Gasteiger partial charge in [0.05, 0.1) is 22.3 Å². The van der Waals surface area contributed by atoms with E-state index in [9.17, 15) is 9.59 Å². The Morgan fingerprint density at radius 1 is 1.03 bits per heavy atom. The number of hydrogen-bond donors (Lipinski definition) is 0. The molecule has 2 heterocycles. The van der Waals surface area contributed by atoms with Crippen LogP contribution in [0.2, 0.25) is 0 Å². The van der Waals surface area contributed by atoms with Crippen LogP contribution in [0.1, 0.15) is 38.8 Å². The van der Waals surface area contributed by atoms with Crippen molar-refractivity contribution in [3.63, 3.8) is 0 Å². The molecule has 0 aliphatic rings. The second-order valence-corrected chi connectivity index (χ2v) is 9.79. The third-order valence-corrected chi connectivity index (χ3v) is 6.64. The van der Waals surface area contributed by atoms with E-state index in [-0.39, 0.29) is 29.3 Å². The molecular formula is C25H29N5O2S. The predicted molar refractivity (Wildman–Crippen MR) is 133 cm³/mol. The van der Waals surface area contributed by atoms with Crippen molar-refractivity contribution < 1.29 is 4.79 Å². The maximum atomic E-state index is 13.5. The molecule has 7 nitrogen and oxygen atoms in total. The van der Waals surface area contributed by atoms with Gasteiger partial charge in [-0.25, -0.2) is 4.57 Å². The van der Waals surface area contributed by atoms with E-state index in [2.05, 4.69) is 10.2 Å². The number of para-hydroxylation sites is 1. The maximum absolute atomic E-state index is 13.5. The van der Waals surface area contributed by atoms with E-state index in [1.165, 1.54) is 11.8 Å². The molecule has 0 fully saturated rings. The number of carbonyl (C=O) groups excluding carboxylic acids is 1. The van der Waals surface area contributed by atoms with Crippen LogP contribution in [-0.4, -0.2) is 47.8 Å². The Hall–Kier alpha value is -3.13. The van der Waals surface area contributed by atoms with Crippen LogP contribution in [-0.2, 0) is 4.79 Å². The molecule has 0 spiro atoms. The highest BCUT2D eigenvalue weighted by molar-refractivity contribution is 7.99. The third-order valence-electron chi connectivity index (χ3n) is 5.73. The number of thioether (sulfide) groups is 1. The minimum atomic E-state index is -0.141. The lowest BCUT2D eigenvalue weighted by atomic mass is 10.1.